The minimum atomic E-state index is -0.843. The van der Waals surface area contributed by atoms with E-state index in [4.69, 9.17) is 5.73 Å². The first-order chi connectivity index (χ1) is 6.63. The predicted octanol–water partition coefficient (Wildman–Crippen LogP) is 0.199. The van der Waals surface area contributed by atoms with Crippen molar-refractivity contribution in [2.45, 2.75) is 13.5 Å². The molecule has 1 atom stereocenters. The SMILES string of the molecule is CCS(=O)CCn1cc(N)ccc1=O. The molecule has 2 N–H and O–H groups in total. The van der Waals surface area contributed by atoms with Gasteiger partial charge in [-0.05, 0) is 6.07 Å². The average Bonchev–Trinajstić information content (AvgIpc) is 2.19. The maximum absolute atomic E-state index is 11.3. The zero-order valence-corrected chi connectivity index (χ0v) is 8.92. The number of aromatic nitrogens is 1. The number of nitrogens with zero attached hydrogens (tertiary/aromatic N) is 1. The van der Waals surface area contributed by atoms with E-state index in [0.717, 1.165) is 0 Å². The summed E-state index contributed by atoms with van der Waals surface area (Å²) in [4.78, 5) is 11.3. The Morgan fingerprint density at radius 2 is 2.21 bits per heavy atom. The smallest absolute Gasteiger partial charge is 0.250 e. The van der Waals surface area contributed by atoms with Gasteiger partial charge in [0.25, 0.3) is 5.56 Å². The van der Waals surface area contributed by atoms with Crippen molar-refractivity contribution in [2.24, 2.45) is 0 Å². The molecule has 0 fully saturated rings. The van der Waals surface area contributed by atoms with E-state index in [1.54, 1.807) is 12.3 Å². The van der Waals surface area contributed by atoms with E-state index in [0.29, 0.717) is 23.7 Å². The minimum Gasteiger partial charge on any atom is -0.398 e. The molecule has 78 valence electrons. The van der Waals surface area contributed by atoms with E-state index in [1.807, 2.05) is 6.92 Å². The van der Waals surface area contributed by atoms with Crippen LogP contribution in [0.4, 0.5) is 5.69 Å². The molecule has 0 spiro atoms. The molecule has 4 nitrogen and oxygen atoms in total. The van der Waals surface area contributed by atoms with Crippen LogP contribution in [0.2, 0.25) is 0 Å². The predicted molar refractivity (Wildman–Crippen MR) is 58.7 cm³/mol. The van der Waals surface area contributed by atoms with Gasteiger partial charge in [-0.15, -0.1) is 0 Å². The van der Waals surface area contributed by atoms with Gasteiger partial charge in [0, 0.05) is 46.8 Å². The molecular weight excluding hydrogens is 200 g/mol. The summed E-state index contributed by atoms with van der Waals surface area (Å²) in [7, 11) is -0.843. The van der Waals surface area contributed by atoms with Crippen LogP contribution < -0.4 is 11.3 Å². The Balaban J connectivity index is 2.71. The molecule has 14 heavy (non-hydrogen) atoms. The lowest BCUT2D eigenvalue weighted by Crippen LogP contribution is -2.22. The molecule has 1 rings (SSSR count). The van der Waals surface area contributed by atoms with Crippen molar-refractivity contribution >= 4 is 16.5 Å². The quantitative estimate of drug-likeness (QED) is 0.778. The summed E-state index contributed by atoms with van der Waals surface area (Å²) < 4.78 is 12.6. The molecular formula is C9H14N2O2S. The van der Waals surface area contributed by atoms with E-state index in [-0.39, 0.29) is 5.56 Å². The number of rotatable bonds is 4. The van der Waals surface area contributed by atoms with Crippen molar-refractivity contribution in [1.29, 1.82) is 0 Å². The molecule has 0 aromatic carbocycles. The first-order valence-electron chi connectivity index (χ1n) is 4.44. The van der Waals surface area contributed by atoms with E-state index in [1.165, 1.54) is 10.6 Å². The topological polar surface area (TPSA) is 65.1 Å². The second kappa shape index (κ2) is 4.95. The Kier molecular flexibility index (Phi) is 3.88. The third-order valence-corrected chi connectivity index (χ3v) is 3.17. The van der Waals surface area contributed by atoms with Gasteiger partial charge >= 0.3 is 0 Å². The lowest BCUT2D eigenvalue weighted by molar-refractivity contribution is 0.670. The van der Waals surface area contributed by atoms with Crippen LogP contribution in [0.25, 0.3) is 0 Å². The largest absolute Gasteiger partial charge is 0.398 e. The molecule has 0 saturated carbocycles. The standard InChI is InChI=1S/C9H14N2O2S/c1-2-14(13)6-5-11-7-8(10)3-4-9(11)12/h3-4,7H,2,5-6,10H2,1H3. The maximum atomic E-state index is 11.3. The molecule has 0 aliphatic rings. The summed E-state index contributed by atoms with van der Waals surface area (Å²) in [5.74, 6) is 1.12. The zero-order chi connectivity index (χ0) is 10.6. The van der Waals surface area contributed by atoms with Crippen LogP contribution in [-0.4, -0.2) is 20.3 Å². The van der Waals surface area contributed by atoms with E-state index < -0.39 is 10.8 Å². The lowest BCUT2D eigenvalue weighted by atomic mass is 10.4. The van der Waals surface area contributed by atoms with Gasteiger partial charge in [-0.1, -0.05) is 6.92 Å². The number of nitrogens with two attached hydrogens (primary N) is 1. The summed E-state index contributed by atoms with van der Waals surface area (Å²) in [6, 6.07) is 2.99. The normalized spacial score (nSPS) is 12.6. The number of anilines is 1. The number of hydrogen-bond donors (Lipinski definition) is 1. The fourth-order valence-corrected chi connectivity index (χ4v) is 1.76. The number of pyridine rings is 1. The highest BCUT2D eigenvalue weighted by atomic mass is 32.2. The summed E-state index contributed by atoms with van der Waals surface area (Å²) in [6.07, 6.45) is 1.58. The highest BCUT2D eigenvalue weighted by Gasteiger charge is 1.99. The molecule has 0 aliphatic carbocycles. The monoisotopic (exact) mass is 214 g/mol. The van der Waals surface area contributed by atoms with Crippen molar-refractivity contribution < 1.29 is 4.21 Å². The average molecular weight is 214 g/mol. The Morgan fingerprint density at radius 3 is 2.86 bits per heavy atom. The van der Waals surface area contributed by atoms with Crippen LogP contribution >= 0.6 is 0 Å². The summed E-state index contributed by atoms with van der Waals surface area (Å²) in [5, 5.41) is 0. The first-order valence-corrected chi connectivity index (χ1v) is 5.93. The summed E-state index contributed by atoms with van der Waals surface area (Å²) >= 11 is 0. The van der Waals surface area contributed by atoms with Gasteiger partial charge in [-0.25, -0.2) is 0 Å². The van der Waals surface area contributed by atoms with E-state index in [9.17, 15) is 9.00 Å². The Hall–Kier alpha value is -1.10. The van der Waals surface area contributed by atoms with Crippen molar-refractivity contribution in [1.82, 2.24) is 4.57 Å². The molecule has 0 radical (unpaired) electrons. The second-order valence-electron chi connectivity index (χ2n) is 2.93. The number of hydrogen-bond acceptors (Lipinski definition) is 3. The molecule has 1 aromatic heterocycles. The van der Waals surface area contributed by atoms with E-state index >= 15 is 0 Å². The van der Waals surface area contributed by atoms with Crippen LogP contribution in [-0.2, 0) is 17.3 Å². The van der Waals surface area contributed by atoms with Crippen molar-refractivity contribution in [3.63, 3.8) is 0 Å². The molecule has 0 amide bonds. The van der Waals surface area contributed by atoms with Crippen molar-refractivity contribution in [2.75, 3.05) is 17.2 Å². The van der Waals surface area contributed by atoms with Crippen molar-refractivity contribution in [3.05, 3.63) is 28.7 Å². The summed E-state index contributed by atoms with van der Waals surface area (Å²) in [6.45, 7) is 2.32. The van der Waals surface area contributed by atoms with Crippen LogP contribution in [0.5, 0.6) is 0 Å². The van der Waals surface area contributed by atoms with Gasteiger partial charge in [-0.3, -0.25) is 9.00 Å². The molecule has 0 saturated heterocycles. The highest BCUT2D eigenvalue weighted by Crippen LogP contribution is 1.96. The van der Waals surface area contributed by atoms with Gasteiger partial charge < -0.3 is 10.3 Å². The van der Waals surface area contributed by atoms with Crippen LogP contribution in [0.1, 0.15) is 6.92 Å². The van der Waals surface area contributed by atoms with E-state index in [2.05, 4.69) is 0 Å². The highest BCUT2D eigenvalue weighted by molar-refractivity contribution is 7.84. The van der Waals surface area contributed by atoms with Gasteiger partial charge in [0.1, 0.15) is 0 Å². The summed E-state index contributed by atoms with van der Waals surface area (Å²) in [5.41, 5.74) is 5.97. The minimum absolute atomic E-state index is 0.104. The number of nitrogen functional groups attached to an aromatic ring is 1. The fraction of sp³-hybridized carbons (Fsp3) is 0.444. The Bertz CT molecular complexity index is 387. The lowest BCUT2D eigenvalue weighted by Gasteiger charge is -2.05. The molecule has 5 heteroatoms. The van der Waals surface area contributed by atoms with Crippen LogP contribution in [0, 0.1) is 0 Å². The fourth-order valence-electron chi connectivity index (χ4n) is 1.07. The third kappa shape index (κ3) is 2.99. The Morgan fingerprint density at radius 1 is 1.50 bits per heavy atom. The van der Waals surface area contributed by atoms with Crippen LogP contribution in [0.3, 0.4) is 0 Å². The van der Waals surface area contributed by atoms with Gasteiger partial charge in [-0.2, -0.15) is 0 Å². The van der Waals surface area contributed by atoms with Gasteiger partial charge in [0.05, 0.1) is 0 Å². The molecule has 1 aromatic rings. The van der Waals surface area contributed by atoms with Crippen molar-refractivity contribution in [3.8, 4) is 0 Å². The zero-order valence-electron chi connectivity index (χ0n) is 8.10. The molecule has 0 aliphatic heterocycles. The molecule has 1 unspecified atom stereocenters. The van der Waals surface area contributed by atoms with Gasteiger partial charge in [0.15, 0.2) is 0 Å². The molecule has 1 heterocycles. The second-order valence-corrected chi connectivity index (χ2v) is 4.79. The third-order valence-electron chi connectivity index (χ3n) is 1.89. The first kappa shape index (κ1) is 11.0. The Labute approximate surface area is 85.2 Å². The van der Waals surface area contributed by atoms with Crippen LogP contribution in [0.15, 0.2) is 23.1 Å². The molecule has 0 bridgehead atoms. The maximum Gasteiger partial charge on any atom is 0.250 e. The number of aryl methyl sites for hydroxylation is 1. The van der Waals surface area contributed by atoms with Gasteiger partial charge in [0.2, 0.25) is 0 Å².